The number of hydrogen-bond acceptors (Lipinski definition) is 5. The molecule has 0 spiro atoms. The van der Waals surface area contributed by atoms with Gasteiger partial charge in [-0.3, -0.25) is 4.79 Å². The Morgan fingerprint density at radius 1 is 1.18 bits per heavy atom. The Hall–Kier alpha value is -1.93. The Labute approximate surface area is 129 Å². The number of aliphatic carboxylic acids is 1. The topological polar surface area (TPSA) is 115 Å². The van der Waals surface area contributed by atoms with Crippen molar-refractivity contribution in [1.82, 2.24) is 4.72 Å². The van der Waals surface area contributed by atoms with Crippen molar-refractivity contribution in [3.63, 3.8) is 0 Å². The Morgan fingerprint density at radius 2 is 1.73 bits per heavy atom. The van der Waals surface area contributed by atoms with E-state index in [2.05, 4.69) is 10.0 Å². The van der Waals surface area contributed by atoms with Crippen LogP contribution in [-0.2, 0) is 19.6 Å². The van der Waals surface area contributed by atoms with E-state index in [0.717, 1.165) is 0 Å². The highest BCUT2D eigenvalue weighted by atomic mass is 32.2. The molecule has 1 amide bonds. The highest BCUT2D eigenvalue weighted by Gasteiger charge is 2.21. The van der Waals surface area contributed by atoms with Gasteiger partial charge in [-0.1, -0.05) is 13.8 Å². The Morgan fingerprint density at radius 3 is 2.14 bits per heavy atom. The van der Waals surface area contributed by atoms with Gasteiger partial charge in [0.05, 0.1) is 16.9 Å². The first-order valence-electron chi connectivity index (χ1n) is 6.72. The zero-order chi connectivity index (χ0) is 16.9. The zero-order valence-corrected chi connectivity index (χ0v) is 13.4. The number of sulfonamides is 1. The molecule has 22 heavy (non-hydrogen) atoms. The molecule has 7 nitrogen and oxygen atoms in total. The summed E-state index contributed by atoms with van der Waals surface area (Å²) in [5.41, 5.74) is 0.449. The van der Waals surface area contributed by atoms with Crippen molar-refractivity contribution >= 4 is 27.6 Å². The molecular formula is C14H19N2O5S-. The maximum atomic E-state index is 12.2. The summed E-state index contributed by atoms with van der Waals surface area (Å²) in [7, 11) is -3.98. The third kappa shape index (κ3) is 5.45. The molecule has 0 unspecified atom stereocenters. The van der Waals surface area contributed by atoms with E-state index >= 15 is 0 Å². The maximum absolute atomic E-state index is 12.2. The fraction of sp³-hybridized carbons (Fsp3) is 0.429. The molecule has 1 aromatic rings. The van der Waals surface area contributed by atoms with Gasteiger partial charge in [0, 0.05) is 12.6 Å². The number of amides is 1. The lowest BCUT2D eigenvalue weighted by Gasteiger charge is -2.21. The standard InChI is InChI=1S/C14H20N2O5S/c1-9(2)8-13(14(18)19)16-22(20,21)12-6-4-11(5-7-12)15-10(3)17/h4-7,9,13,16H,8H2,1-3H3,(H,15,17)(H,18,19)/p-1/t13-/m1/s1. The number of carboxylic acids is 1. The van der Waals surface area contributed by atoms with Crippen LogP contribution in [0, 0.1) is 5.92 Å². The minimum atomic E-state index is -3.98. The van der Waals surface area contributed by atoms with E-state index in [1.807, 2.05) is 0 Å². The van der Waals surface area contributed by atoms with Crippen LogP contribution >= 0.6 is 0 Å². The molecular weight excluding hydrogens is 308 g/mol. The van der Waals surface area contributed by atoms with Gasteiger partial charge in [-0.25, -0.2) is 13.1 Å². The second kappa shape index (κ2) is 7.37. The van der Waals surface area contributed by atoms with Gasteiger partial charge in [0.1, 0.15) is 0 Å². The van der Waals surface area contributed by atoms with E-state index in [0.29, 0.717) is 5.69 Å². The van der Waals surface area contributed by atoms with Gasteiger partial charge >= 0.3 is 0 Å². The predicted octanol–water partition coefficient (Wildman–Crippen LogP) is 0.0879. The monoisotopic (exact) mass is 327 g/mol. The number of benzene rings is 1. The minimum Gasteiger partial charge on any atom is -0.548 e. The number of rotatable bonds is 7. The molecule has 0 radical (unpaired) electrons. The summed E-state index contributed by atoms with van der Waals surface area (Å²) in [6.07, 6.45) is 0.130. The van der Waals surface area contributed by atoms with Crippen LogP contribution in [0.2, 0.25) is 0 Å². The van der Waals surface area contributed by atoms with Crippen molar-refractivity contribution in [2.75, 3.05) is 5.32 Å². The van der Waals surface area contributed by atoms with Crippen LogP contribution in [0.4, 0.5) is 5.69 Å². The van der Waals surface area contributed by atoms with Gasteiger partial charge in [0.25, 0.3) is 0 Å². The fourth-order valence-corrected chi connectivity index (χ4v) is 3.04. The van der Waals surface area contributed by atoms with Crippen molar-refractivity contribution in [2.24, 2.45) is 5.92 Å². The van der Waals surface area contributed by atoms with E-state index in [-0.39, 0.29) is 23.1 Å². The molecule has 0 aliphatic heterocycles. The lowest BCUT2D eigenvalue weighted by Crippen LogP contribution is -2.48. The van der Waals surface area contributed by atoms with Gasteiger partial charge in [0.15, 0.2) is 0 Å². The second-order valence-corrected chi connectivity index (χ2v) is 7.04. The van der Waals surface area contributed by atoms with Crippen LogP contribution in [0.15, 0.2) is 29.2 Å². The summed E-state index contributed by atoms with van der Waals surface area (Å²) in [4.78, 5) is 21.9. The van der Waals surface area contributed by atoms with Crippen LogP contribution in [0.25, 0.3) is 0 Å². The summed E-state index contributed by atoms with van der Waals surface area (Å²) in [5.74, 6) is -1.75. The SMILES string of the molecule is CC(=O)Nc1ccc(S(=O)(=O)N[C@H](CC(C)C)C(=O)[O-])cc1. The normalized spacial score (nSPS) is 12.9. The summed E-state index contributed by atoms with van der Waals surface area (Å²) in [6.45, 7) is 4.90. The van der Waals surface area contributed by atoms with Gasteiger partial charge in [0.2, 0.25) is 15.9 Å². The van der Waals surface area contributed by atoms with E-state index in [1.165, 1.54) is 31.2 Å². The maximum Gasteiger partial charge on any atom is 0.241 e. The van der Waals surface area contributed by atoms with Crippen LogP contribution in [0.1, 0.15) is 27.2 Å². The van der Waals surface area contributed by atoms with Crippen molar-refractivity contribution < 1.29 is 23.1 Å². The molecule has 1 rings (SSSR count). The van der Waals surface area contributed by atoms with Gasteiger partial charge < -0.3 is 15.2 Å². The second-order valence-electron chi connectivity index (χ2n) is 5.33. The molecule has 0 bridgehead atoms. The van der Waals surface area contributed by atoms with Gasteiger partial charge in [-0.2, -0.15) is 0 Å². The predicted molar refractivity (Wildman–Crippen MR) is 79.3 cm³/mol. The number of anilines is 1. The molecule has 122 valence electrons. The van der Waals surface area contributed by atoms with Crippen LogP contribution in [0.3, 0.4) is 0 Å². The Bertz CT molecular complexity index is 638. The quantitative estimate of drug-likeness (QED) is 0.736. The van der Waals surface area contributed by atoms with Crippen LogP contribution in [-0.4, -0.2) is 26.3 Å². The van der Waals surface area contributed by atoms with Crippen molar-refractivity contribution in [3.05, 3.63) is 24.3 Å². The summed E-state index contributed by atoms with van der Waals surface area (Å²) >= 11 is 0. The lowest BCUT2D eigenvalue weighted by atomic mass is 10.1. The molecule has 0 fully saturated rings. The molecule has 0 saturated carbocycles. The van der Waals surface area contributed by atoms with Gasteiger partial charge in [-0.15, -0.1) is 0 Å². The number of nitrogens with one attached hydrogen (secondary N) is 2. The smallest absolute Gasteiger partial charge is 0.241 e. The minimum absolute atomic E-state index is 0.00672. The Kier molecular flexibility index (Phi) is 6.07. The first-order chi connectivity index (χ1) is 10.1. The summed E-state index contributed by atoms with van der Waals surface area (Å²) < 4.78 is 26.5. The number of carboxylic acid groups (broad SMARTS) is 1. The molecule has 0 aliphatic rings. The van der Waals surface area contributed by atoms with Crippen LogP contribution in [0.5, 0.6) is 0 Å². The van der Waals surface area contributed by atoms with Crippen molar-refractivity contribution in [1.29, 1.82) is 0 Å². The number of carbonyl (C=O) groups is 2. The Balaban J connectivity index is 2.93. The molecule has 0 aliphatic carbocycles. The molecule has 0 aromatic heterocycles. The molecule has 0 heterocycles. The fourth-order valence-electron chi connectivity index (χ4n) is 1.84. The third-order valence-electron chi connectivity index (χ3n) is 2.77. The summed E-state index contributed by atoms with van der Waals surface area (Å²) in [6, 6.07) is 4.13. The highest BCUT2D eigenvalue weighted by molar-refractivity contribution is 7.89. The van der Waals surface area contributed by atoms with E-state index in [1.54, 1.807) is 13.8 Å². The zero-order valence-electron chi connectivity index (χ0n) is 12.6. The lowest BCUT2D eigenvalue weighted by molar-refractivity contribution is -0.308. The largest absolute Gasteiger partial charge is 0.548 e. The molecule has 1 atom stereocenters. The summed E-state index contributed by atoms with van der Waals surface area (Å²) in [5, 5.41) is 13.5. The van der Waals surface area contributed by atoms with Crippen LogP contribution < -0.4 is 15.1 Å². The van der Waals surface area contributed by atoms with Crippen molar-refractivity contribution in [2.45, 2.75) is 38.1 Å². The van der Waals surface area contributed by atoms with Gasteiger partial charge in [-0.05, 0) is 36.6 Å². The molecule has 8 heteroatoms. The van der Waals surface area contributed by atoms with E-state index in [9.17, 15) is 23.1 Å². The number of carbonyl (C=O) groups excluding carboxylic acids is 2. The number of hydrogen-bond donors (Lipinski definition) is 2. The third-order valence-corrected chi connectivity index (χ3v) is 4.26. The molecule has 0 saturated heterocycles. The van der Waals surface area contributed by atoms with E-state index < -0.39 is 22.0 Å². The molecule has 1 aromatic carbocycles. The van der Waals surface area contributed by atoms with Crippen molar-refractivity contribution in [3.8, 4) is 0 Å². The van der Waals surface area contributed by atoms with E-state index in [4.69, 9.17) is 0 Å². The highest BCUT2D eigenvalue weighted by Crippen LogP contribution is 2.15. The first-order valence-corrected chi connectivity index (χ1v) is 8.21. The molecule has 2 N–H and O–H groups in total. The average Bonchev–Trinajstić information content (AvgIpc) is 2.36. The average molecular weight is 327 g/mol. The first kappa shape index (κ1) is 18.1.